The summed E-state index contributed by atoms with van der Waals surface area (Å²) in [6, 6.07) is 0. The predicted octanol–water partition coefficient (Wildman–Crippen LogP) is 3.58. The highest BCUT2D eigenvalue weighted by Crippen LogP contribution is 2.33. The number of fused-ring (bicyclic) bond motifs is 1. The minimum atomic E-state index is -0.212. The second-order valence-electron chi connectivity index (χ2n) is 11.3. The Labute approximate surface area is 214 Å². The molecular weight excluding hydrogens is 456 g/mol. The van der Waals surface area contributed by atoms with Gasteiger partial charge in [0.25, 0.3) is 5.56 Å². The van der Waals surface area contributed by atoms with E-state index in [2.05, 4.69) is 54.7 Å². The molecule has 1 aliphatic carbocycles. The summed E-state index contributed by atoms with van der Waals surface area (Å²) in [5.74, 6) is 0.565. The van der Waals surface area contributed by atoms with Gasteiger partial charge in [-0.3, -0.25) is 9.59 Å². The van der Waals surface area contributed by atoms with Gasteiger partial charge in [0.15, 0.2) is 0 Å². The van der Waals surface area contributed by atoms with E-state index in [0.29, 0.717) is 12.5 Å². The molecule has 1 aromatic heterocycles. The molecule has 0 bridgehead atoms. The van der Waals surface area contributed by atoms with E-state index in [4.69, 9.17) is 9.47 Å². The van der Waals surface area contributed by atoms with E-state index in [-0.39, 0.29) is 22.7 Å². The molecule has 4 heterocycles. The SMILES string of the molecule is CC1(C)CC(C(=O)N2CCCC2)CCO1.COC1(C)CC=C(N2CCc3nc[nH]c(=O)c3C2)C=C1C. The van der Waals surface area contributed by atoms with E-state index < -0.39 is 0 Å². The van der Waals surface area contributed by atoms with Crippen molar-refractivity contribution in [3.63, 3.8) is 0 Å². The third kappa shape index (κ3) is 5.92. The Balaban J connectivity index is 0.000000179. The van der Waals surface area contributed by atoms with Gasteiger partial charge in [0.2, 0.25) is 5.91 Å². The maximum Gasteiger partial charge on any atom is 0.255 e. The number of allylic oxidation sites excluding steroid dienone is 1. The second kappa shape index (κ2) is 10.9. The van der Waals surface area contributed by atoms with Gasteiger partial charge in [-0.15, -0.1) is 0 Å². The van der Waals surface area contributed by atoms with Gasteiger partial charge >= 0.3 is 0 Å². The van der Waals surface area contributed by atoms with Crippen molar-refractivity contribution in [2.45, 2.75) is 84.0 Å². The van der Waals surface area contributed by atoms with Crippen molar-refractivity contribution >= 4 is 5.91 Å². The van der Waals surface area contributed by atoms with Crippen LogP contribution >= 0.6 is 0 Å². The van der Waals surface area contributed by atoms with Crippen molar-refractivity contribution in [3.05, 3.63) is 51.4 Å². The molecule has 0 radical (unpaired) electrons. The number of hydrogen-bond donors (Lipinski definition) is 1. The fourth-order valence-electron chi connectivity index (χ4n) is 5.57. The largest absolute Gasteiger partial charge is 0.376 e. The molecule has 2 saturated heterocycles. The highest BCUT2D eigenvalue weighted by molar-refractivity contribution is 5.79. The molecule has 0 spiro atoms. The Morgan fingerprint density at radius 2 is 1.97 bits per heavy atom. The third-order valence-electron chi connectivity index (χ3n) is 8.18. The average molecular weight is 499 g/mol. The highest BCUT2D eigenvalue weighted by Gasteiger charge is 2.35. The summed E-state index contributed by atoms with van der Waals surface area (Å²) in [6.07, 6.45) is 11.7. The molecule has 198 valence electrons. The van der Waals surface area contributed by atoms with Crippen LogP contribution in [0.1, 0.15) is 71.1 Å². The van der Waals surface area contributed by atoms with Crippen LogP contribution in [0.25, 0.3) is 0 Å². The fraction of sp³-hybridized carbons (Fsp3) is 0.679. The number of nitrogens with zero attached hydrogens (tertiary/aromatic N) is 3. The molecule has 2 unspecified atom stereocenters. The monoisotopic (exact) mass is 498 g/mol. The molecular formula is C28H42N4O4. The summed E-state index contributed by atoms with van der Waals surface area (Å²) in [6.45, 7) is 12.5. The van der Waals surface area contributed by atoms with Crippen molar-refractivity contribution < 1.29 is 14.3 Å². The first-order valence-corrected chi connectivity index (χ1v) is 13.3. The number of nitrogens with one attached hydrogen (secondary N) is 1. The van der Waals surface area contributed by atoms with Crippen molar-refractivity contribution in [3.8, 4) is 0 Å². The van der Waals surface area contributed by atoms with Gasteiger partial charge in [0.1, 0.15) is 0 Å². The van der Waals surface area contributed by atoms with Crippen LogP contribution in [0.2, 0.25) is 0 Å². The number of aromatic nitrogens is 2. The zero-order valence-corrected chi connectivity index (χ0v) is 22.6. The van der Waals surface area contributed by atoms with Gasteiger partial charge in [0.05, 0.1) is 35.3 Å². The summed E-state index contributed by atoms with van der Waals surface area (Å²) < 4.78 is 11.2. The smallest absolute Gasteiger partial charge is 0.255 e. The lowest BCUT2D eigenvalue weighted by molar-refractivity contribution is -0.144. The average Bonchev–Trinajstić information content (AvgIpc) is 3.40. The van der Waals surface area contributed by atoms with Gasteiger partial charge in [0, 0.05) is 57.8 Å². The molecule has 2 fully saturated rings. The van der Waals surface area contributed by atoms with Crippen molar-refractivity contribution in [2.75, 3.05) is 33.4 Å². The van der Waals surface area contributed by atoms with E-state index in [0.717, 1.165) is 63.2 Å². The zero-order valence-electron chi connectivity index (χ0n) is 22.6. The first-order chi connectivity index (χ1) is 17.1. The fourth-order valence-corrected chi connectivity index (χ4v) is 5.57. The molecule has 8 nitrogen and oxygen atoms in total. The quantitative estimate of drug-likeness (QED) is 0.685. The second-order valence-corrected chi connectivity index (χ2v) is 11.3. The lowest BCUT2D eigenvalue weighted by Crippen LogP contribution is -2.42. The number of likely N-dealkylation sites (tertiary alicyclic amines) is 1. The summed E-state index contributed by atoms with van der Waals surface area (Å²) >= 11 is 0. The molecule has 0 aromatic carbocycles. The van der Waals surface area contributed by atoms with E-state index in [1.54, 1.807) is 7.11 Å². The van der Waals surface area contributed by atoms with Crippen LogP contribution in [-0.2, 0) is 27.2 Å². The Morgan fingerprint density at radius 1 is 1.22 bits per heavy atom. The van der Waals surface area contributed by atoms with E-state index >= 15 is 0 Å². The summed E-state index contributed by atoms with van der Waals surface area (Å²) in [5.41, 5.74) is 3.76. The van der Waals surface area contributed by atoms with E-state index in [1.165, 1.54) is 30.4 Å². The minimum absolute atomic E-state index is 0.0245. The molecule has 1 amide bonds. The van der Waals surface area contributed by atoms with Gasteiger partial charge in [-0.1, -0.05) is 6.08 Å². The zero-order chi connectivity index (χ0) is 25.9. The summed E-state index contributed by atoms with van der Waals surface area (Å²) in [7, 11) is 1.75. The van der Waals surface area contributed by atoms with Crippen LogP contribution in [0.4, 0.5) is 0 Å². The minimum Gasteiger partial charge on any atom is -0.376 e. The molecule has 4 aliphatic rings. The standard InChI is InChI=1S/C16H21N3O2.C12H21NO2/c1-11-8-12(4-6-16(11,2)21-3)19-7-5-14-13(9-19)15(20)18-10-17-14;1-12(2)9-10(5-8-15-12)11(14)13-6-3-4-7-13/h4,8,10H,5-7,9H2,1-3H3,(H,17,18,20);10H,3-9H2,1-2H3. The number of aromatic amines is 1. The topological polar surface area (TPSA) is 87.8 Å². The lowest BCUT2D eigenvalue weighted by Gasteiger charge is -2.36. The van der Waals surface area contributed by atoms with Gasteiger partial charge in [-0.2, -0.15) is 0 Å². The molecule has 2 atom stereocenters. The molecule has 5 rings (SSSR count). The number of carbonyl (C=O) groups is 1. The Kier molecular flexibility index (Phi) is 8.05. The van der Waals surface area contributed by atoms with Gasteiger partial charge < -0.3 is 24.3 Å². The summed E-state index contributed by atoms with van der Waals surface area (Å²) in [5, 5.41) is 0. The highest BCUT2D eigenvalue weighted by atomic mass is 16.5. The predicted molar refractivity (Wildman–Crippen MR) is 139 cm³/mol. The van der Waals surface area contributed by atoms with E-state index in [9.17, 15) is 9.59 Å². The molecule has 8 heteroatoms. The Bertz CT molecular complexity index is 1070. The molecule has 3 aliphatic heterocycles. The van der Waals surface area contributed by atoms with Crippen LogP contribution in [0.15, 0.2) is 34.5 Å². The van der Waals surface area contributed by atoms with Crippen LogP contribution < -0.4 is 5.56 Å². The number of rotatable bonds is 3. The number of hydrogen-bond acceptors (Lipinski definition) is 6. The molecule has 36 heavy (non-hydrogen) atoms. The number of ether oxygens (including phenoxy) is 2. The first kappa shape index (κ1) is 26.6. The van der Waals surface area contributed by atoms with Crippen LogP contribution in [-0.4, -0.2) is 70.2 Å². The van der Waals surface area contributed by atoms with Crippen molar-refractivity contribution in [2.24, 2.45) is 5.92 Å². The maximum absolute atomic E-state index is 12.2. The normalized spacial score (nSPS) is 27.4. The van der Waals surface area contributed by atoms with Crippen molar-refractivity contribution in [1.82, 2.24) is 19.8 Å². The summed E-state index contributed by atoms with van der Waals surface area (Å²) in [4.78, 5) is 35.3. The number of H-pyrrole nitrogens is 1. The molecule has 1 aromatic rings. The number of methoxy groups -OCH3 is 1. The van der Waals surface area contributed by atoms with Gasteiger partial charge in [-0.05, 0) is 65.0 Å². The third-order valence-corrected chi connectivity index (χ3v) is 8.18. The first-order valence-electron chi connectivity index (χ1n) is 13.3. The Hall–Kier alpha value is -2.45. The number of amides is 1. The van der Waals surface area contributed by atoms with Crippen LogP contribution in [0.3, 0.4) is 0 Å². The van der Waals surface area contributed by atoms with E-state index in [1.807, 2.05) is 4.90 Å². The van der Waals surface area contributed by atoms with Crippen LogP contribution in [0, 0.1) is 5.92 Å². The molecule has 1 N–H and O–H groups in total. The lowest BCUT2D eigenvalue weighted by atomic mass is 9.87. The Morgan fingerprint density at radius 3 is 2.64 bits per heavy atom. The van der Waals surface area contributed by atoms with Crippen molar-refractivity contribution in [1.29, 1.82) is 0 Å². The molecule has 0 saturated carbocycles. The van der Waals surface area contributed by atoms with Crippen LogP contribution in [0.5, 0.6) is 0 Å². The number of carbonyl (C=O) groups excluding carboxylic acids is 1. The van der Waals surface area contributed by atoms with Gasteiger partial charge in [-0.25, -0.2) is 4.98 Å². The maximum atomic E-state index is 12.2.